The normalized spacial score (nSPS) is 11.0. The van der Waals surface area contributed by atoms with E-state index in [1.54, 1.807) is 24.0 Å². The van der Waals surface area contributed by atoms with E-state index in [0.717, 1.165) is 16.8 Å². The molecule has 1 amide bonds. The Morgan fingerprint density at radius 2 is 1.88 bits per heavy atom. The summed E-state index contributed by atoms with van der Waals surface area (Å²) < 4.78 is 0. The predicted molar refractivity (Wildman–Crippen MR) is 107 cm³/mol. The summed E-state index contributed by atoms with van der Waals surface area (Å²) in [6.07, 6.45) is 3.64. The lowest BCUT2D eigenvalue weighted by Crippen LogP contribution is -2.17. The van der Waals surface area contributed by atoms with E-state index in [1.165, 1.54) is 16.0 Å². The molecule has 1 heterocycles. The van der Waals surface area contributed by atoms with Crippen LogP contribution < -0.4 is 5.43 Å². The average Bonchev–Trinajstić information content (AvgIpc) is 3.15. The maximum absolute atomic E-state index is 12.2. The van der Waals surface area contributed by atoms with Crippen LogP contribution in [0.15, 0.2) is 58.5 Å². The van der Waals surface area contributed by atoms with Gasteiger partial charge in [-0.2, -0.15) is 10.2 Å². The third-order valence-electron chi connectivity index (χ3n) is 4.12. The van der Waals surface area contributed by atoms with Crippen LogP contribution in [0.1, 0.15) is 27.2 Å². The van der Waals surface area contributed by atoms with Crippen LogP contribution in [-0.4, -0.2) is 28.6 Å². The fourth-order valence-electron chi connectivity index (χ4n) is 2.40. The van der Waals surface area contributed by atoms with Gasteiger partial charge in [-0.3, -0.25) is 9.89 Å². The molecule has 0 atom stereocenters. The summed E-state index contributed by atoms with van der Waals surface area (Å²) in [6.45, 7) is 4.12. The van der Waals surface area contributed by atoms with Gasteiger partial charge in [-0.1, -0.05) is 24.3 Å². The number of thioether (sulfide) groups is 1. The zero-order valence-electron chi connectivity index (χ0n) is 14.9. The minimum atomic E-state index is -0.329. The minimum absolute atomic E-state index is 0.329. The Balaban J connectivity index is 1.65. The molecule has 0 aliphatic carbocycles. The van der Waals surface area contributed by atoms with E-state index >= 15 is 0 Å². The Hall–Kier alpha value is -2.86. The Morgan fingerprint density at radius 3 is 2.58 bits per heavy atom. The number of aromatic amines is 1. The lowest BCUT2D eigenvalue weighted by Gasteiger charge is -2.01. The molecule has 0 saturated carbocycles. The molecular weight excluding hydrogens is 344 g/mol. The molecule has 6 heteroatoms. The molecule has 2 N–H and O–H groups in total. The number of hydrazone groups is 1. The van der Waals surface area contributed by atoms with Gasteiger partial charge in [0.25, 0.3) is 5.91 Å². The van der Waals surface area contributed by atoms with Crippen molar-refractivity contribution in [2.45, 2.75) is 18.7 Å². The summed E-state index contributed by atoms with van der Waals surface area (Å²) in [5, 5.41) is 11.0. The van der Waals surface area contributed by atoms with Crippen molar-refractivity contribution in [1.82, 2.24) is 15.6 Å². The highest BCUT2D eigenvalue weighted by Gasteiger charge is 2.10. The van der Waals surface area contributed by atoms with E-state index < -0.39 is 0 Å². The molecule has 5 nitrogen and oxygen atoms in total. The van der Waals surface area contributed by atoms with Gasteiger partial charge in [-0.15, -0.1) is 11.8 Å². The number of hydrogen-bond donors (Lipinski definition) is 2. The van der Waals surface area contributed by atoms with E-state index in [0.29, 0.717) is 5.69 Å². The molecule has 0 aliphatic heterocycles. The maximum atomic E-state index is 12.2. The molecular formula is C20H20N4OS. The zero-order chi connectivity index (χ0) is 18.5. The third-order valence-corrected chi connectivity index (χ3v) is 4.86. The van der Waals surface area contributed by atoms with Crippen LogP contribution in [0.25, 0.3) is 11.3 Å². The Bertz CT molecular complexity index is 945. The van der Waals surface area contributed by atoms with Crippen LogP contribution in [0.4, 0.5) is 0 Å². The number of hydrogen-bond acceptors (Lipinski definition) is 4. The van der Waals surface area contributed by atoms with Crippen molar-refractivity contribution in [2.75, 3.05) is 6.26 Å². The highest BCUT2D eigenvalue weighted by atomic mass is 32.2. The molecule has 2 aromatic carbocycles. The molecule has 3 aromatic rings. The van der Waals surface area contributed by atoms with E-state index in [9.17, 15) is 4.79 Å². The van der Waals surface area contributed by atoms with E-state index in [4.69, 9.17) is 0 Å². The quantitative estimate of drug-likeness (QED) is 0.405. The molecule has 0 saturated heterocycles. The molecule has 0 bridgehead atoms. The molecule has 1 aromatic heterocycles. The largest absolute Gasteiger partial charge is 0.289 e. The second-order valence-corrected chi connectivity index (χ2v) is 6.82. The molecule has 0 spiro atoms. The van der Waals surface area contributed by atoms with E-state index in [2.05, 4.69) is 40.6 Å². The lowest BCUT2D eigenvalue weighted by molar-refractivity contribution is 0.0950. The summed E-state index contributed by atoms with van der Waals surface area (Å²) in [5.41, 5.74) is 7.92. The van der Waals surface area contributed by atoms with Gasteiger partial charge in [0.2, 0.25) is 0 Å². The minimum Gasteiger partial charge on any atom is -0.272 e. The topological polar surface area (TPSA) is 70.1 Å². The predicted octanol–water partition coefficient (Wildman–Crippen LogP) is 4.18. The van der Waals surface area contributed by atoms with Crippen LogP contribution in [0.2, 0.25) is 0 Å². The number of H-pyrrole nitrogens is 1. The number of carbonyl (C=O) groups is 1. The fraction of sp³-hybridized carbons (Fsp3) is 0.150. The zero-order valence-corrected chi connectivity index (χ0v) is 15.7. The van der Waals surface area contributed by atoms with Crippen LogP contribution in [0.3, 0.4) is 0 Å². The number of aryl methyl sites for hydroxylation is 2. The van der Waals surface area contributed by atoms with Gasteiger partial charge in [0.1, 0.15) is 5.69 Å². The van der Waals surface area contributed by atoms with Crippen LogP contribution in [-0.2, 0) is 0 Å². The van der Waals surface area contributed by atoms with Crippen molar-refractivity contribution >= 4 is 23.9 Å². The average molecular weight is 364 g/mol. The number of nitrogens with zero attached hydrogens (tertiary/aromatic N) is 2. The smallest absolute Gasteiger partial charge is 0.272 e. The van der Waals surface area contributed by atoms with Crippen molar-refractivity contribution in [3.05, 3.63) is 70.9 Å². The molecule has 0 radical (unpaired) electrons. The molecule has 3 rings (SSSR count). The van der Waals surface area contributed by atoms with Gasteiger partial charge < -0.3 is 0 Å². The summed E-state index contributed by atoms with van der Waals surface area (Å²) >= 11 is 1.68. The van der Waals surface area contributed by atoms with Crippen molar-refractivity contribution in [3.63, 3.8) is 0 Å². The second kappa shape index (κ2) is 8.01. The van der Waals surface area contributed by atoms with Gasteiger partial charge in [-0.05, 0) is 61.1 Å². The van der Waals surface area contributed by atoms with Gasteiger partial charge in [0, 0.05) is 10.5 Å². The number of nitrogens with one attached hydrogen (secondary N) is 2. The fourth-order valence-corrected chi connectivity index (χ4v) is 2.81. The SMILES string of the molecule is CSc1ccc(/C=N\NC(=O)c2cc(-c3ccc(C)c(C)c3)n[nH]2)cc1. The number of carbonyl (C=O) groups excluding carboxylic acids is 1. The standard InChI is InChI=1S/C20H20N4OS/c1-13-4-7-16(10-14(13)2)18-11-19(23-22-18)20(25)24-21-12-15-5-8-17(26-3)9-6-15/h4-12H,1-3H3,(H,22,23)(H,24,25)/b21-12-. The summed E-state index contributed by atoms with van der Waals surface area (Å²) in [5.74, 6) is -0.329. The van der Waals surface area contributed by atoms with Crippen molar-refractivity contribution in [1.29, 1.82) is 0 Å². The van der Waals surface area contributed by atoms with E-state index in [-0.39, 0.29) is 5.91 Å². The first kappa shape index (κ1) is 17.9. The lowest BCUT2D eigenvalue weighted by atomic mass is 10.0. The van der Waals surface area contributed by atoms with Crippen molar-refractivity contribution in [3.8, 4) is 11.3 Å². The number of rotatable bonds is 5. The molecule has 0 fully saturated rings. The monoisotopic (exact) mass is 364 g/mol. The van der Waals surface area contributed by atoms with Crippen LogP contribution in [0, 0.1) is 13.8 Å². The number of benzene rings is 2. The van der Waals surface area contributed by atoms with Crippen LogP contribution in [0.5, 0.6) is 0 Å². The molecule has 0 aliphatic rings. The Kier molecular flexibility index (Phi) is 5.53. The summed E-state index contributed by atoms with van der Waals surface area (Å²) in [6, 6.07) is 15.8. The first-order valence-corrected chi connectivity index (χ1v) is 9.40. The molecule has 26 heavy (non-hydrogen) atoms. The second-order valence-electron chi connectivity index (χ2n) is 5.94. The van der Waals surface area contributed by atoms with Gasteiger partial charge in [-0.25, -0.2) is 5.43 Å². The first-order chi connectivity index (χ1) is 12.6. The van der Waals surface area contributed by atoms with Crippen LogP contribution >= 0.6 is 11.8 Å². The van der Waals surface area contributed by atoms with Crippen molar-refractivity contribution in [2.24, 2.45) is 5.10 Å². The summed E-state index contributed by atoms with van der Waals surface area (Å²) in [4.78, 5) is 13.4. The first-order valence-electron chi connectivity index (χ1n) is 8.17. The molecule has 132 valence electrons. The van der Waals surface area contributed by atoms with Crippen molar-refractivity contribution < 1.29 is 4.79 Å². The number of aromatic nitrogens is 2. The van der Waals surface area contributed by atoms with E-state index in [1.807, 2.05) is 42.7 Å². The summed E-state index contributed by atoms with van der Waals surface area (Å²) in [7, 11) is 0. The van der Waals surface area contributed by atoms with Gasteiger partial charge in [0.15, 0.2) is 0 Å². The highest BCUT2D eigenvalue weighted by Crippen LogP contribution is 2.21. The highest BCUT2D eigenvalue weighted by molar-refractivity contribution is 7.98. The van der Waals surface area contributed by atoms with Gasteiger partial charge >= 0.3 is 0 Å². The maximum Gasteiger partial charge on any atom is 0.289 e. The van der Waals surface area contributed by atoms with Gasteiger partial charge in [0.05, 0.1) is 11.9 Å². The Labute approximate surface area is 156 Å². The third kappa shape index (κ3) is 4.21. The Morgan fingerprint density at radius 1 is 1.12 bits per heavy atom. The number of amides is 1. The molecule has 0 unspecified atom stereocenters.